The van der Waals surface area contributed by atoms with Gasteiger partial charge >= 0.3 is 0 Å². The third-order valence-corrected chi connectivity index (χ3v) is 8.97. The fraction of sp³-hybridized carbons (Fsp3) is 0. The van der Waals surface area contributed by atoms with Gasteiger partial charge in [0, 0.05) is 16.3 Å². The lowest BCUT2D eigenvalue weighted by Gasteiger charge is -2.15. The molecule has 5 aromatic carbocycles. The molecular formula is C32H23N5O7S2. The lowest BCUT2D eigenvalue weighted by atomic mass is 9.95. The molecule has 0 bridgehead atoms. The van der Waals surface area contributed by atoms with Gasteiger partial charge in [0.1, 0.15) is 21.2 Å². The van der Waals surface area contributed by atoms with Crippen molar-refractivity contribution in [2.75, 3.05) is 11.2 Å². The van der Waals surface area contributed by atoms with Crippen LogP contribution in [-0.4, -0.2) is 37.4 Å². The first-order chi connectivity index (χ1) is 21.9. The van der Waals surface area contributed by atoms with E-state index in [1.165, 1.54) is 30.4 Å². The number of carbonyl (C=O) groups excluding carboxylic acids is 1. The highest BCUT2D eigenvalue weighted by Crippen LogP contribution is 2.37. The molecule has 5 aromatic rings. The zero-order valence-electron chi connectivity index (χ0n) is 23.6. The number of nitrogens with one attached hydrogen (secondary N) is 1. The lowest BCUT2D eigenvalue weighted by molar-refractivity contribution is -0.108. The number of allylic oxidation sites excluding steroid dienone is 1. The molecule has 5 N–H and O–H groups in total. The van der Waals surface area contributed by atoms with Gasteiger partial charge in [-0.3, -0.25) is 19.3 Å². The molecule has 14 heteroatoms. The van der Waals surface area contributed by atoms with Gasteiger partial charge in [-0.2, -0.15) is 27.1 Å². The number of nitrogen functional groups attached to an aromatic ring is 1. The molecule has 0 radical (unpaired) electrons. The Morgan fingerprint density at radius 3 is 1.96 bits per heavy atom. The summed E-state index contributed by atoms with van der Waals surface area (Å²) in [6, 6.07) is 26.1. The predicted molar refractivity (Wildman–Crippen MR) is 175 cm³/mol. The standard InChI is InChI=1S/C32H23N5O7S2/c33-31-25-6-2-1-5-24(25)29(46(42,43)44)18-26(31)36-34-22-13-8-19(9-14-22)20-10-15-23(16-11-20)35-37-32-27(38)17-12-21-4-3-7-28(30(21)32)45(39,40)41/h1-18,35H,33H2,(H,39,40,41)(H,42,43,44)/b36-34?,37-32-. The molecule has 1 aliphatic rings. The molecule has 1 aliphatic carbocycles. The molecule has 12 nitrogen and oxygen atoms in total. The number of benzene rings is 5. The maximum atomic E-state index is 12.6. The Labute approximate surface area is 263 Å². The Kier molecular flexibility index (Phi) is 7.79. The van der Waals surface area contributed by atoms with Crippen LogP contribution in [0.3, 0.4) is 0 Å². The van der Waals surface area contributed by atoms with E-state index in [-0.39, 0.29) is 32.9 Å². The maximum absolute atomic E-state index is 12.6. The van der Waals surface area contributed by atoms with E-state index in [9.17, 15) is 30.7 Å². The van der Waals surface area contributed by atoms with E-state index in [0.29, 0.717) is 22.3 Å². The largest absolute Gasteiger partial charge is 0.396 e. The van der Waals surface area contributed by atoms with E-state index < -0.39 is 30.9 Å². The highest BCUT2D eigenvalue weighted by molar-refractivity contribution is 7.86. The summed E-state index contributed by atoms with van der Waals surface area (Å²) in [5.41, 5.74) is 12.3. The molecule has 0 unspecified atom stereocenters. The predicted octanol–water partition coefficient (Wildman–Crippen LogP) is 6.41. The van der Waals surface area contributed by atoms with Crippen LogP contribution in [0.5, 0.6) is 0 Å². The monoisotopic (exact) mass is 653 g/mol. The van der Waals surface area contributed by atoms with Crippen molar-refractivity contribution in [2.24, 2.45) is 15.3 Å². The molecule has 0 saturated carbocycles. The molecule has 0 aromatic heterocycles. The number of hydrogen-bond acceptors (Lipinski definition) is 10. The second-order valence-electron chi connectivity index (χ2n) is 10.1. The van der Waals surface area contributed by atoms with Gasteiger partial charge in [-0.05, 0) is 59.2 Å². The first-order valence-corrected chi connectivity index (χ1v) is 16.4. The Hall–Kier alpha value is -5.54. The minimum Gasteiger partial charge on any atom is -0.396 e. The van der Waals surface area contributed by atoms with Gasteiger partial charge in [0.15, 0.2) is 0 Å². The molecule has 6 rings (SSSR count). The van der Waals surface area contributed by atoms with E-state index in [4.69, 9.17) is 5.73 Å². The molecule has 0 atom stereocenters. The fourth-order valence-electron chi connectivity index (χ4n) is 4.97. The van der Waals surface area contributed by atoms with Crippen molar-refractivity contribution in [1.82, 2.24) is 0 Å². The molecule has 0 saturated heterocycles. The smallest absolute Gasteiger partial charge is 0.295 e. The van der Waals surface area contributed by atoms with Crippen molar-refractivity contribution in [2.45, 2.75) is 9.79 Å². The molecule has 46 heavy (non-hydrogen) atoms. The van der Waals surface area contributed by atoms with Crippen LogP contribution in [0.2, 0.25) is 0 Å². The van der Waals surface area contributed by atoms with Crippen LogP contribution < -0.4 is 11.2 Å². The van der Waals surface area contributed by atoms with E-state index in [0.717, 1.165) is 11.1 Å². The summed E-state index contributed by atoms with van der Waals surface area (Å²) in [6.07, 6.45) is 2.74. The van der Waals surface area contributed by atoms with Crippen molar-refractivity contribution in [3.05, 3.63) is 114 Å². The molecule has 0 amide bonds. The topological polar surface area (TPSA) is 201 Å². The first-order valence-electron chi connectivity index (χ1n) is 13.5. The third kappa shape index (κ3) is 6.05. The van der Waals surface area contributed by atoms with Gasteiger partial charge in [0.25, 0.3) is 20.2 Å². The number of fused-ring (bicyclic) bond motifs is 2. The van der Waals surface area contributed by atoms with Crippen LogP contribution in [0, 0.1) is 0 Å². The summed E-state index contributed by atoms with van der Waals surface area (Å²) in [6.45, 7) is 0. The highest BCUT2D eigenvalue weighted by Gasteiger charge is 2.27. The highest BCUT2D eigenvalue weighted by atomic mass is 32.2. The second kappa shape index (κ2) is 11.8. The number of hydrazone groups is 1. The lowest BCUT2D eigenvalue weighted by Crippen LogP contribution is -2.22. The van der Waals surface area contributed by atoms with Crippen LogP contribution in [-0.2, 0) is 25.0 Å². The van der Waals surface area contributed by atoms with Gasteiger partial charge in [-0.15, -0.1) is 5.11 Å². The summed E-state index contributed by atoms with van der Waals surface area (Å²) >= 11 is 0. The van der Waals surface area contributed by atoms with Gasteiger partial charge in [-0.25, -0.2) is 0 Å². The number of azo groups is 1. The van der Waals surface area contributed by atoms with Gasteiger partial charge < -0.3 is 5.73 Å². The molecule has 0 fully saturated rings. The summed E-state index contributed by atoms with van der Waals surface area (Å²) in [5, 5.41) is 13.2. The van der Waals surface area contributed by atoms with E-state index in [2.05, 4.69) is 20.8 Å². The summed E-state index contributed by atoms with van der Waals surface area (Å²) in [5.74, 6) is -0.521. The van der Waals surface area contributed by atoms with Crippen molar-refractivity contribution < 1.29 is 30.7 Å². The number of nitrogens with zero attached hydrogens (tertiary/aromatic N) is 3. The van der Waals surface area contributed by atoms with Gasteiger partial charge in [0.05, 0.1) is 17.1 Å². The first kappa shape index (κ1) is 30.5. The summed E-state index contributed by atoms with van der Waals surface area (Å²) in [7, 11) is -9.14. The van der Waals surface area contributed by atoms with Crippen molar-refractivity contribution in [3.63, 3.8) is 0 Å². The number of ketones is 1. The number of anilines is 2. The van der Waals surface area contributed by atoms with Crippen molar-refractivity contribution in [1.29, 1.82) is 0 Å². The van der Waals surface area contributed by atoms with Crippen LogP contribution in [0.4, 0.5) is 22.7 Å². The number of rotatable bonds is 7. The van der Waals surface area contributed by atoms with Crippen LogP contribution in [0.25, 0.3) is 28.0 Å². The zero-order valence-corrected chi connectivity index (χ0v) is 25.2. The second-order valence-corrected chi connectivity index (χ2v) is 12.9. The minimum absolute atomic E-state index is 0.0148. The van der Waals surface area contributed by atoms with E-state index >= 15 is 0 Å². The molecule has 230 valence electrons. The summed E-state index contributed by atoms with van der Waals surface area (Å²) in [4.78, 5) is 11.9. The Morgan fingerprint density at radius 1 is 0.674 bits per heavy atom. The zero-order chi connectivity index (χ0) is 32.6. The summed E-state index contributed by atoms with van der Waals surface area (Å²) < 4.78 is 67.2. The Morgan fingerprint density at radius 2 is 1.30 bits per heavy atom. The fourth-order valence-corrected chi connectivity index (χ4v) is 6.41. The minimum atomic E-state index is -4.60. The van der Waals surface area contributed by atoms with Gasteiger partial charge in [-0.1, -0.05) is 66.7 Å². The average Bonchev–Trinajstić information content (AvgIpc) is 3.03. The average molecular weight is 654 g/mol. The van der Waals surface area contributed by atoms with Gasteiger partial charge in [0.2, 0.25) is 5.78 Å². The van der Waals surface area contributed by atoms with E-state index in [1.807, 2.05) is 24.3 Å². The molecular weight excluding hydrogens is 631 g/mol. The molecule has 0 aliphatic heterocycles. The van der Waals surface area contributed by atoms with Crippen LogP contribution >= 0.6 is 0 Å². The number of carbonyl (C=O) groups is 1. The molecule has 0 heterocycles. The molecule has 0 spiro atoms. The van der Waals surface area contributed by atoms with Crippen molar-refractivity contribution in [3.8, 4) is 11.1 Å². The maximum Gasteiger partial charge on any atom is 0.295 e. The Bertz CT molecular complexity index is 2350. The SMILES string of the molecule is Nc1c(N=Nc2ccc(-c3ccc(N/N=C4/C(=O)C=Cc5cccc(S(=O)(=O)O)c54)cc3)cc2)cc(S(=O)(=O)O)c2ccccc12. The number of hydrogen-bond donors (Lipinski definition) is 4. The third-order valence-electron chi connectivity index (χ3n) is 7.18. The normalized spacial score (nSPS) is 14.2. The van der Waals surface area contributed by atoms with E-state index in [1.54, 1.807) is 54.6 Å². The van der Waals surface area contributed by atoms with Crippen LogP contribution in [0.15, 0.2) is 128 Å². The quantitative estimate of drug-likeness (QED) is 0.0663. The van der Waals surface area contributed by atoms with Crippen molar-refractivity contribution >= 4 is 71.3 Å². The van der Waals surface area contributed by atoms with Crippen LogP contribution in [0.1, 0.15) is 11.1 Å². The number of nitrogens with two attached hydrogens (primary N) is 1. The Balaban J connectivity index is 1.21.